The Balaban J connectivity index is 3.41. The lowest BCUT2D eigenvalue weighted by Gasteiger charge is -2.29. The summed E-state index contributed by atoms with van der Waals surface area (Å²) < 4.78 is 10.3. The summed E-state index contributed by atoms with van der Waals surface area (Å²) in [4.78, 5) is 0. The monoisotopic (exact) mass is 251 g/mol. The lowest BCUT2D eigenvalue weighted by atomic mass is 9.95. The van der Waals surface area contributed by atoms with Gasteiger partial charge in [-0.05, 0) is 32.7 Å². The Labute approximate surface area is 105 Å². The molecule has 0 bridgehead atoms. The molecule has 0 aliphatic heterocycles. The molecule has 1 N–H and O–H groups in total. The van der Waals surface area contributed by atoms with E-state index in [2.05, 4.69) is 19.2 Å². The molecule has 16 heavy (non-hydrogen) atoms. The minimum Gasteiger partial charge on any atom is -0.382 e. The van der Waals surface area contributed by atoms with Gasteiger partial charge in [0.1, 0.15) is 0 Å². The summed E-state index contributed by atoms with van der Waals surface area (Å²) in [5, 5.41) is 3.54. The van der Waals surface area contributed by atoms with Crippen molar-refractivity contribution in [2.75, 3.05) is 39.4 Å². The van der Waals surface area contributed by atoms with E-state index < -0.39 is 0 Å². The number of hydrogen-bond donors (Lipinski definition) is 1. The first-order valence-electron chi connectivity index (χ1n) is 6.06. The van der Waals surface area contributed by atoms with E-state index in [9.17, 15) is 0 Å². The largest absolute Gasteiger partial charge is 0.382 e. The van der Waals surface area contributed by atoms with Crippen LogP contribution in [0.5, 0.6) is 0 Å². The van der Waals surface area contributed by atoms with Crippen LogP contribution in [0, 0.1) is 0 Å². The lowest BCUT2D eigenvalue weighted by molar-refractivity contribution is 0.0686. The third-order valence-corrected chi connectivity index (χ3v) is 3.06. The molecule has 0 saturated heterocycles. The highest BCUT2D eigenvalue weighted by atomic mass is 35.5. The number of halogens is 1. The average Bonchev–Trinajstić information content (AvgIpc) is 2.28. The summed E-state index contributed by atoms with van der Waals surface area (Å²) in [6.07, 6.45) is 3.14. The number of methoxy groups -OCH3 is 1. The van der Waals surface area contributed by atoms with Crippen LogP contribution >= 0.6 is 11.6 Å². The van der Waals surface area contributed by atoms with Gasteiger partial charge in [-0.15, -0.1) is 11.6 Å². The van der Waals surface area contributed by atoms with Crippen molar-refractivity contribution in [2.24, 2.45) is 0 Å². The Morgan fingerprint density at radius 3 is 2.56 bits per heavy atom. The Morgan fingerprint density at radius 1 is 1.25 bits per heavy atom. The molecule has 0 aromatic heterocycles. The van der Waals surface area contributed by atoms with Crippen LogP contribution in [0.3, 0.4) is 0 Å². The van der Waals surface area contributed by atoms with Crippen molar-refractivity contribution in [2.45, 2.75) is 38.6 Å². The van der Waals surface area contributed by atoms with Gasteiger partial charge >= 0.3 is 0 Å². The number of hydrogen-bond acceptors (Lipinski definition) is 3. The molecule has 0 fully saturated rings. The van der Waals surface area contributed by atoms with Crippen molar-refractivity contribution in [3.8, 4) is 0 Å². The second kappa shape index (κ2) is 10.3. The van der Waals surface area contributed by atoms with Crippen LogP contribution in [0.4, 0.5) is 0 Å². The standard InChI is InChI=1S/C12H26ClNO2/c1-4-12(2,6-7-13)14-8-5-9-16-11-10-15-3/h14H,4-11H2,1-3H3. The number of alkyl halides is 1. The molecule has 0 saturated carbocycles. The van der Waals surface area contributed by atoms with Gasteiger partial charge in [-0.25, -0.2) is 0 Å². The van der Waals surface area contributed by atoms with Crippen molar-refractivity contribution >= 4 is 11.6 Å². The molecule has 0 radical (unpaired) electrons. The van der Waals surface area contributed by atoms with E-state index >= 15 is 0 Å². The van der Waals surface area contributed by atoms with Crippen molar-refractivity contribution in [1.29, 1.82) is 0 Å². The van der Waals surface area contributed by atoms with Crippen LogP contribution in [-0.2, 0) is 9.47 Å². The Bertz CT molecular complexity index is 158. The average molecular weight is 252 g/mol. The highest BCUT2D eigenvalue weighted by Gasteiger charge is 2.19. The maximum atomic E-state index is 5.78. The quantitative estimate of drug-likeness (QED) is 0.452. The summed E-state index contributed by atoms with van der Waals surface area (Å²) in [5.41, 5.74) is 0.175. The second-order valence-corrected chi connectivity index (χ2v) is 4.62. The SMILES string of the molecule is CCC(C)(CCCl)NCCCOCCOC. The third kappa shape index (κ3) is 8.34. The van der Waals surface area contributed by atoms with Gasteiger partial charge in [0.25, 0.3) is 0 Å². The zero-order chi connectivity index (χ0) is 12.3. The molecule has 3 nitrogen and oxygen atoms in total. The fraction of sp³-hybridized carbons (Fsp3) is 1.00. The van der Waals surface area contributed by atoms with Crippen molar-refractivity contribution in [3.05, 3.63) is 0 Å². The van der Waals surface area contributed by atoms with Gasteiger partial charge in [0, 0.05) is 25.1 Å². The Morgan fingerprint density at radius 2 is 2.00 bits per heavy atom. The molecule has 0 rings (SSSR count). The van der Waals surface area contributed by atoms with Crippen molar-refractivity contribution in [3.63, 3.8) is 0 Å². The van der Waals surface area contributed by atoms with Crippen LogP contribution < -0.4 is 5.32 Å². The third-order valence-electron chi connectivity index (χ3n) is 2.88. The van der Waals surface area contributed by atoms with Gasteiger partial charge in [-0.3, -0.25) is 0 Å². The van der Waals surface area contributed by atoms with Crippen LogP contribution in [0.25, 0.3) is 0 Å². The first-order valence-corrected chi connectivity index (χ1v) is 6.59. The first kappa shape index (κ1) is 16.2. The van der Waals surface area contributed by atoms with Gasteiger partial charge < -0.3 is 14.8 Å². The van der Waals surface area contributed by atoms with Crippen LogP contribution in [-0.4, -0.2) is 44.9 Å². The van der Waals surface area contributed by atoms with Crippen molar-refractivity contribution in [1.82, 2.24) is 5.32 Å². The molecule has 0 heterocycles. The minimum atomic E-state index is 0.175. The van der Waals surface area contributed by atoms with Crippen LogP contribution in [0.15, 0.2) is 0 Å². The zero-order valence-corrected chi connectivity index (χ0v) is 11.6. The predicted octanol–water partition coefficient (Wildman–Crippen LogP) is 2.43. The Hall–Kier alpha value is 0.170. The maximum Gasteiger partial charge on any atom is 0.0700 e. The summed E-state index contributed by atoms with van der Waals surface area (Å²) in [5.74, 6) is 0.710. The number of ether oxygens (including phenoxy) is 2. The molecular formula is C12H26ClNO2. The van der Waals surface area contributed by atoms with Gasteiger partial charge in [-0.1, -0.05) is 6.92 Å². The molecule has 0 aliphatic carbocycles. The molecule has 0 aliphatic rings. The lowest BCUT2D eigenvalue weighted by Crippen LogP contribution is -2.42. The predicted molar refractivity (Wildman–Crippen MR) is 69.3 cm³/mol. The fourth-order valence-corrected chi connectivity index (χ4v) is 1.82. The highest BCUT2D eigenvalue weighted by molar-refractivity contribution is 6.17. The molecule has 0 aromatic carbocycles. The Kier molecular flexibility index (Phi) is 10.4. The summed E-state index contributed by atoms with van der Waals surface area (Å²) in [7, 11) is 1.68. The first-order chi connectivity index (χ1) is 7.68. The molecule has 0 amide bonds. The van der Waals surface area contributed by atoms with Gasteiger partial charge in [-0.2, -0.15) is 0 Å². The summed E-state index contributed by atoms with van der Waals surface area (Å²) in [6, 6.07) is 0. The smallest absolute Gasteiger partial charge is 0.0700 e. The summed E-state index contributed by atoms with van der Waals surface area (Å²) in [6.45, 7) is 7.54. The van der Waals surface area contributed by atoms with E-state index in [1.807, 2.05) is 0 Å². The minimum absolute atomic E-state index is 0.175. The molecular weight excluding hydrogens is 226 g/mol. The van der Waals surface area contributed by atoms with E-state index in [0.717, 1.165) is 32.4 Å². The van der Waals surface area contributed by atoms with Crippen LogP contribution in [0.2, 0.25) is 0 Å². The van der Waals surface area contributed by atoms with E-state index in [1.54, 1.807) is 7.11 Å². The second-order valence-electron chi connectivity index (χ2n) is 4.24. The molecule has 1 atom stereocenters. The van der Waals surface area contributed by atoms with Crippen molar-refractivity contribution < 1.29 is 9.47 Å². The normalized spacial score (nSPS) is 15.0. The topological polar surface area (TPSA) is 30.5 Å². The molecule has 4 heteroatoms. The van der Waals surface area contributed by atoms with Gasteiger partial charge in [0.15, 0.2) is 0 Å². The number of nitrogens with one attached hydrogen (secondary N) is 1. The fourth-order valence-electron chi connectivity index (χ4n) is 1.41. The van der Waals surface area contributed by atoms with E-state index in [-0.39, 0.29) is 5.54 Å². The number of rotatable bonds is 11. The molecule has 1 unspecified atom stereocenters. The zero-order valence-electron chi connectivity index (χ0n) is 10.9. The van der Waals surface area contributed by atoms with Crippen LogP contribution in [0.1, 0.15) is 33.1 Å². The van der Waals surface area contributed by atoms with E-state index in [4.69, 9.17) is 21.1 Å². The highest BCUT2D eigenvalue weighted by Crippen LogP contribution is 2.14. The maximum absolute atomic E-state index is 5.78. The molecule has 0 aromatic rings. The molecule has 0 spiro atoms. The van der Waals surface area contributed by atoms with Gasteiger partial charge in [0.2, 0.25) is 0 Å². The van der Waals surface area contributed by atoms with E-state index in [0.29, 0.717) is 19.1 Å². The summed E-state index contributed by atoms with van der Waals surface area (Å²) >= 11 is 5.78. The van der Waals surface area contributed by atoms with Gasteiger partial charge in [0.05, 0.1) is 13.2 Å². The van der Waals surface area contributed by atoms with E-state index in [1.165, 1.54) is 0 Å². The molecule has 98 valence electrons.